The average Bonchev–Trinajstić information content (AvgIpc) is 2.65. The number of rotatable bonds is 7. The minimum Gasteiger partial charge on any atom is -0.467 e. The predicted octanol–water partition coefficient (Wildman–Crippen LogP) is 1.13. The molecule has 0 spiro atoms. The van der Waals surface area contributed by atoms with Crippen molar-refractivity contribution in [3.05, 3.63) is 66.0 Å². The monoisotopic (exact) mass is 380 g/mol. The van der Waals surface area contributed by atoms with Gasteiger partial charge in [-0.25, -0.2) is 22.3 Å². The molecule has 2 N–H and O–H groups in total. The van der Waals surface area contributed by atoms with Gasteiger partial charge in [-0.15, -0.1) is 0 Å². The van der Waals surface area contributed by atoms with E-state index in [4.69, 9.17) is 0 Å². The molecule has 0 aliphatic carbocycles. The van der Waals surface area contributed by atoms with Crippen molar-refractivity contribution in [3.63, 3.8) is 0 Å². The molecule has 0 bridgehead atoms. The number of benzene rings is 2. The van der Waals surface area contributed by atoms with Crippen LogP contribution < -0.4 is 10.0 Å². The molecular formula is C17H17FN2O5S. The van der Waals surface area contributed by atoms with E-state index in [0.717, 1.165) is 24.3 Å². The lowest BCUT2D eigenvalue weighted by atomic mass is 10.1. The van der Waals surface area contributed by atoms with Crippen molar-refractivity contribution in [2.45, 2.75) is 10.9 Å². The molecule has 26 heavy (non-hydrogen) atoms. The van der Waals surface area contributed by atoms with Crippen LogP contribution in [0.4, 0.5) is 4.39 Å². The molecule has 0 saturated heterocycles. The number of carbonyl (C=O) groups excluding carboxylic acids is 2. The van der Waals surface area contributed by atoms with Crippen LogP contribution in [0.5, 0.6) is 0 Å². The van der Waals surface area contributed by atoms with Crippen LogP contribution in [0.25, 0.3) is 0 Å². The van der Waals surface area contributed by atoms with E-state index in [-0.39, 0.29) is 4.90 Å². The van der Waals surface area contributed by atoms with Crippen LogP contribution in [-0.4, -0.2) is 33.9 Å². The van der Waals surface area contributed by atoms with Crippen molar-refractivity contribution in [3.8, 4) is 0 Å². The van der Waals surface area contributed by atoms with Crippen LogP contribution in [-0.2, 0) is 24.3 Å². The molecule has 2 aromatic carbocycles. The smallest absolute Gasteiger partial charge is 0.333 e. The third-order valence-corrected chi connectivity index (χ3v) is 4.84. The largest absolute Gasteiger partial charge is 0.467 e. The topological polar surface area (TPSA) is 102 Å². The van der Waals surface area contributed by atoms with Gasteiger partial charge in [-0.1, -0.05) is 30.3 Å². The molecule has 7 nitrogen and oxygen atoms in total. The lowest BCUT2D eigenvalue weighted by molar-refractivity contribution is -0.145. The van der Waals surface area contributed by atoms with Gasteiger partial charge in [0.25, 0.3) is 0 Å². The van der Waals surface area contributed by atoms with Crippen molar-refractivity contribution in [1.29, 1.82) is 0 Å². The SMILES string of the molecule is COC(=O)[C@H](NC(=O)CNS(=O)(=O)c1ccc(F)cc1)c1ccccc1. The summed E-state index contributed by atoms with van der Waals surface area (Å²) < 4.78 is 43.8. The molecule has 0 aliphatic heterocycles. The van der Waals surface area contributed by atoms with Gasteiger partial charge in [0.1, 0.15) is 5.82 Å². The fourth-order valence-electron chi connectivity index (χ4n) is 2.11. The molecule has 2 aromatic rings. The van der Waals surface area contributed by atoms with Gasteiger partial charge in [0.05, 0.1) is 18.6 Å². The number of nitrogens with one attached hydrogen (secondary N) is 2. The highest BCUT2D eigenvalue weighted by Gasteiger charge is 2.24. The van der Waals surface area contributed by atoms with Gasteiger partial charge in [0.2, 0.25) is 15.9 Å². The molecule has 9 heteroatoms. The van der Waals surface area contributed by atoms with E-state index in [2.05, 4.69) is 14.8 Å². The Bertz CT molecular complexity index is 870. The standard InChI is InChI=1S/C17H17FN2O5S/c1-25-17(22)16(12-5-3-2-4-6-12)20-15(21)11-19-26(23,24)14-9-7-13(18)8-10-14/h2-10,16,19H,11H2,1H3,(H,20,21)/t16-/m1/s1. The third-order valence-electron chi connectivity index (χ3n) is 3.42. The van der Waals surface area contributed by atoms with E-state index in [1.807, 2.05) is 0 Å². The van der Waals surface area contributed by atoms with Crippen LogP contribution in [0, 0.1) is 5.82 Å². The molecule has 0 saturated carbocycles. The first-order valence-corrected chi connectivity index (χ1v) is 8.99. The van der Waals surface area contributed by atoms with Gasteiger partial charge in [0, 0.05) is 0 Å². The number of halogens is 1. The molecular weight excluding hydrogens is 363 g/mol. The predicted molar refractivity (Wildman–Crippen MR) is 90.9 cm³/mol. The summed E-state index contributed by atoms with van der Waals surface area (Å²) in [5, 5.41) is 2.42. The number of ether oxygens (including phenoxy) is 1. The van der Waals surface area contributed by atoms with E-state index in [1.165, 1.54) is 7.11 Å². The maximum Gasteiger partial charge on any atom is 0.333 e. The summed E-state index contributed by atoms with van der Waals surface area (Å²) in [4.78, 5) is 23.8. The number of hydrogen-bond acceptors (Lipinski definition) is 5. The van der Waals surface area contributed by atoms with Crippen molar-refractivity contribution in [1.82, 2.24) is 10.0 Å². The summed E-state index contributed by atoms with van der Waals surface area (Å²) in [5.41, 5.74) is 0.495. The maximum absolute atomic E-state index is 12.9. The number of esters is 1. The quantitative estimate of drug-likeness (QED) is 0.702. The van der Waals surface area contributed by atoms with Gasteiger partial charge in [-0.3, -0.25) is 4.79 Å². The Morgan fingerprint density at radius 2 is 1.69 bits per heavy atom. The van der Waals surface area contributed by atoms with Crippen LogP contribution >= 0.6 is 0 Å². The van der Waals surface area contributed by atoms with Crippen LogP contribution in [0.3, 0.4) is 0 Å². The Balaban J connectivity index is 2.04. The van der Waals surface area contributed by atoms with E-state index in [0.29, 0.717) is 5.56 Å². The number of sulfonamides is 1. The zero-order valence-corrected chi connectivity index (χ0v) is 14.6. The highest BCUT2D eigenvalue weighted by molar-refractivity contribution is 7.89. The van der Waals surface area contributed by atoms with Crippen LogP contribution in [0.1, 0.15) is 11.6 Å². The lowest BCUT2D eigenvalue weighted by Crippen LogP contribution is -2.41. The minimum atomic E-state index is -3.99. The number of carbonyl (C=O) groups is 2. The summed E-state index contributed by atoms with van der Waals surface area (Å²) in [6, 6.07) is 11.5. The van der Waals surface area contributed by atoms with Gasteiger partial charge >= 0.3 is 5.97 Å². The molecule has 0 unspecified atom stereocenters. The van der Waals surface area contributed by atoms with Crippen LogP contribution in [0.15, 0.2) is 59.5 Å². The number of amides is 1. The molecule has 1 amide bonds. The zero-order chi connectivity index (χ0) is 19.2. The van der Waals surface area contributed by atoms with Crippen molar-refractivity contribution < 1.29 is 27.1 Å². The summed E-state index contributed by atoms with van der Waals surface area (Å²) in [6.07, 6.45) is 0. The zero-order valence-electron chi connectivity index (χ0n) is 13.8. The Kier molecular flexibility index (Phi) is 6.42. The average molecular weight is 380 g/mol. The second-order valence-electron chi connectivity index (χ2n) is 5.21. The molecule has 0 aromatic heterocycles. The molecule has 0 aliphatic rings. The second-order valence-corrected chi connectivity index (χ2v) is 6.98. The molecule has 1 atom stereocenters. The summed E-state index contributed by atoms with van der Waals surface area (Å²) in [5.74, 6) is -1.99. The molecule has 0 radical (unpaired) electrons. The number of methoxy groups -OCH3 is 1. The Hall–Kier alpha value is -2.78. The fourth-order valence-corrected chi connectivity index (χ4v) is 3.09. The van der Waals surface area contributed by atoms with Gasteiger partial charge in [0.15, 0.2) is 6.04 Å². The van der Waals surface area contributed by atoms with Crippen molar-refractivity contribution >= 4 is 21.9 Å². The fraction of sp³-hybridized carbons (Fsp3) is 0.176. The first-order valence-electron chi connectivity index (χ1n) is 7.51. The Morgan fingerprint density at radius 1 is 1.08 bits per heavy atom. The highest BCUT2D eigenvalue weighted by atomic mass is 32.2. The third kappa shape index (κ3) is 5.11. The Morgan fingerprint density at radius 3 is 2.27 bits per heavy atom. The van der Waals surface area contributed by atoms with E-state index in [1.54, 1.807) is 30.3 Å². The first-order chi connectivity index (χ1) is 12.3. The minimum absolute atomic E-state index is 0.181. The lowest BCUT2D eigenvalue weighted by Gasteiger charge is -2.17. The first kappa shape index (κ1) is 19.5. The number of hydrogen-bond donors (Lipinski definition) is 2. The Labute approximate surface area is 150 Å². The van der Waals surface area contributed by atoms with Gasteiger partial charge in [-0.2, -0.15) is 0 Å². The summed E-state index contributed by atoms with van der Waals surface area (Å²) >= 11 is 0. The van der Waals surface area contributed by atoms with E-state index >= 15 is 0 Å². The molecule has 2 rings (SSSR count). The van der Waals surface area contributed by atoms with Crippen molar-refractivity contribution in [2.75, 3.05) is 13.7 Å². The molecule has 0 fully saturated rings. The van der Waals surface area contributed by atoms with Gasteiger partial charge < -0.3 is 10.1 Å². The summed E-state index contributed by atoms with van der Waals surface area (Å²) in [7, 11) is -2.81. The second kappa shape index (κ2) is 8.54. The normalized spacial score (nSPS) is 12.2. The summed E-state index contributed by atoms with van der Waals surface area (Å²) in [6.45, 7) is -0.597. The molecule has 138 valence electrons. The highest BCUT2D eigenvalue weighted by Crippen LogP contribution is 2.14. The van der Waals surface area contributed by atoms with Crippen molar-refractivity contribution in [2.24, 2.45) is 0 Å². The van der Waals surface area contributed by atoms with Crippen LogP contribution in [0.2, 0.25) is 0 Å². The maximum atomic E-state index is 12.9. The molecule has 0 heterocycles. The van der Waals surface area contributed by atoms with E-state index in [9.17, 15) is 22.4 Å². The van der Waals surface area contributed by atoms with Gasteiger partial charge in [-0.05, 0) is 29.8 Å². The van der Waals surface area contributed by atoms with E-state index < -0.39 is 40.3 Å².